The van der Waals surface area contributed by atoms with Gasteiger partial charge in [-0.2, -0.15) is 0 Å². The molecule has 1 amide bonds. The molecule has 0 unspecified atom stereocenters. The highest BCUT2D eigenvalue weighted by Gasteiger charge is 2.42. The number of rotatable bonds is 5. The molecule has 1 saturated heterocycles. The average molecular weight is 468 g/mol. The van der Waals surface area contributed by atoms with Crippen molar-refractivity contribution in [1.82, 2.24) is 9.80 Å². The van der Waals surface area contributed by atoms with Crippen LogP contribution in [-0.2, 0) is 14.3 Å². The number of hydrogen-bond acceptors (Lipinski definition) is 6. The number of thioether (sulfide) groups is 1. The van der Waals surface area contributed by atoms with Gasteiger partial charge < -0.3 is 14.5 Å². The number of benzene rings is 1. The van der Waals surface area contributed by atoms with Crippen molar-refractivity contribution < 1.29 is 14.3 Å². The monoisotopic (exact) mass is 467 g/mol. The van der Waals surface area contributed by atoms with Gasteiger partial charge in [-0.1, -0.05) is 49.4 Å². The molecule has 3 aliphatic heterocycles. The van der Waals surface area contributed by atoms with Gasteiger partial charge in [-0.25, -0.2) is 9.79 Å². The molecule has 1 aromatic rings. The lowest BCUT2D eigenvalue weighted by Crippen LogP contribution is -2.41. The molecule has 1 aromatic carbocycles. The summed E-state index contributed by atoms with van der Waals surface area (Å²) in [6, 6.07) is 5.92. The van der Waals surface area contributed by atoms with Crippen LogP contribution in [0.3, 0.4) is 0 Å². The molecule has 0 aliphatic carbocycles. The number of carbonyl (C=O) groups is 2. The van der Waals surface area contributed by atoms with Gasteiger partial charge in [0.25, 0.3) is 0 Å². The SMILES string of the molecule is CCC1=C(C(=O)OC)[C@H](c2ccc(C)cc2C)N2C(CC(=O)N3CCC(C)CC3)=CSC2=N1. The minimum Gasteiger partial charge on any atom is -0.466 e. The molecule has 176 valence electrons. The summed E-state index contributed by atoms with van der Waals surface area (Å²) in [6.45, 7) is 10.0. The summed E-state index contributed by atoms with van der Waals surface area (Å²) in [4.78, 5) is 35.1. The topological polar surface area (TPSA) is 62.2 Å². The predicted octanol–water partition coefficient (Wildman–Crippen LogP) is 5.09. The number of allylic oxidation sites excluding steroid dienone is 1. The number of esters is 1. The summed E-state index contributed by atoms with van der Waals surface area (Å²) in [5.74, 6) is 0.441. The first kappa shape index (κ1) is 23.6. The van der Waals surface area contributed by atoms with Gasteiger partial charge in [-0.3, -0.25) is 4.79 Å². The van der Waals surface area contributed by atoms with Crippen LogP contribution < -0.4 is 0 Å². The maximum Gasteiger partial charge on any atom is 0.338 e. The Bertz CT molecular complexity index is 1050. The Labute approximate surface area is 200 Å². The number of nitrogens with zero attached hydrogens (tertiary/aromatic N) is 3. The van der Waals surface area contributed by atoms with Gasteiger partial charge in [0.1, 0.15) is 0 Å². The minimum absolute atomic E-state index is 0.138. The van der Waals surface area contributed by atoms with Crippen molar-refractivity contribution in [1.29, 1.82) is 0 Å². The first-order valence-corrected chi connectivity index (χ1v) is 12.6. The number of ether oxygens (including phenoxy) is 1. The highest BCUT2D eigenvalue weighted by Crippen LogP contribution is 2.46. The molecule has 6 nitrogen and oxygen atoms in total. The van der Waals surface area contributed by atoms with E-state index in [0.717, 1.165) is 53.6 Å². The Kier molecular flexibility index (Phi) is 6.98. The first-order valence-electron chi connectivity index (χ1n) is 11.7. The van der Waals surface area contributed by atoms with Crippen molar-refractivity contribution in [3.63, 3.8) is 0 Å². The van der Waals surface area contributed by atoms with Crippen molar-refractivity contribution in [2.45, 2.75) is 59.4 Å². The Hall–Kier alpha value is -2.54. The van der Waals surface area contributed by atoms with E-state index in [1.807, 2.05) is 17.2 Å². The van der Waals surface area contributed by atoms with Crippen molar-refractivity contribution in [2.24, 2.45) is 10.9 Å². The van der Waals surface area contributed by atoms with E-state index in [1.165, 1.54) is 24.4 Å². The molecule has 0 saturated carbocycles. The molecular formula is C26H33N3O3S. The van der Waals surface area contributed by atoms with E-state index < -0.39 is 0 Å². The molecule has 0 spiro atoms. The fourth-order valence-corrected chi connectivity index (χ4v) is 5.80. The van der Waals surface area contributed by atoms with Crippen LogP contribution in [0.25, 0.3) is 0 Å². The minimum atomic E-state index is -0.368. The lowest BCUT2D eigenvalue weighted by molar-refractivity contribution is -0.136. The Morgan fingerprint density at radius 2 is 1.94 bits per heavy atom. The molecule has 7 heteroatoms. The average Bonchev–Trinajstić information content (AvgIpc) is 3.20. The number of aryl methyl sites for hydroxylation is 2. The summed E-state index contributed by atoms with van der Waals surface area (Å²) in [5.41, 5.74) is 5.50. The van der Waals surface area contributed by atoms with Gasteiger partial charge >= 0.3 is 5.97 Å². The van der Waals surface area contributed by atoms with Crippen LogP contribution in [0.4, 0.5) is 0 Å². The molecule has 1 fully saturated rings. The molecule has 3 aliphatic rings. The fraction of sp³-hybridized carbons (Fsp3) is 0.500. The van der Waals surface area contributed by atoms with Crippen LogP contribution in [-0.4, -0.2) is 47.0 Å². The summed E-state index contributed by atoms with van der Waals surface area (Å²) < 4.78 is 5.21. The number of aliphatic imine (C=N–C) groups is 1. The zero-order chi connectivity index (χ0) is 23.7. The Morgan fingerprint density at radius 1 is 1.21 bits per heavy atom. The smallest absolute Gasteiger partial charge is 0.338 e. The van der Waals surface area contributed by atoms with Crippen LogP contribution in [0.1, 0.15) is 62.3 Å². The zero-order valence-corrected chi connectivity index (χ0v) is 21.0. The van der Waals surface area contributed by atoms with Crippen LogP contribution in [0.15, 0.2) is 45.6 Å². The largest absolute Gasteiger partial charge is 0.466 e. The molecule has 0 N–H and O–H groups in total. The summed E-state index contributed by atoms with van der Waals surface area (Å²) in [5, 5.41) is 2.84. The van der Waals surface area contributed by atoms with Gasteiger partial charge in [0.2, 0.25) is 5.91 Å². The first-order chi connectivity index (χ1) is 15.8. The Balaban J connectivity index is 1.72. The number of amides is 1. The third kappa shape index (κ3) is 4.60. The van der Waals surface area contributed by atoms with Crippen molar-refractivity contribution in [2.75, 3.05) is 20.2 Å². The van der Waals surface area contributed by atoms with Crippen LogP contribution in [0.5, 0.6) is 0 Å². The quantitative estimate of drug-likeness (QED) is 0.565. The van der Waals surface area contributed by atoms with Gasteiger partial charge in [-0.05, 0) is 55.6 Å². The van der Waals surface area contributed by atoms with E-state index >= 15 is 0 Å². The second-order valence-electron chi connectivity index (χ2n) is 9.20. The summed E-state index contributed by atoms with van der Waals surface area (Å²) in [7, 11) is 1.41. The molecular weight excluding hydrogens is 434 g/mol. The number of amidine groups is 1. The molecule has 0 aromatic heterocycles. The third-order valence-corrected chi connectivity index (χ3v) is 7.71. The normalized spacial score (nSPS) is 21.1. The number of methoxy groups -OCH3 is 1. The predicted molar refractivity (Wildman–Crippen MR) is 133 cm³/mol. The van der Waals surface area contributed by atoms with Crippen molar-refractivity contribution in [3.05, 3.63) is 57.3 Å². The van der Waals surface area contributed by atoms with Crippen LogP contribution in [0, 0.1) is 19.8 Å². The second-order valence-corrected chi connectivity index (χ2v) is 10.0. The highest BCUT2D eigenvalue weighted by molar-refractivity contribution is 8.16. The van der Waals surface area contributed by atoms with Crippen molar-refractivity contribution >= 4 is 28.8 Å². The van der Waals surface area contributed by atoms with E-state index in [-0.39, 0.29) is 17.9 Å². The van der Waals surface area contributed by atoms with Gasteiger partial charge in [0.15, 0.2) is 5.17 Å². The molecule has 1 atom stereocenters. The summed E-state index contributed by atoms with van der Waals surface area (Å²) in [6.07, 6.45) is 3.04. The van der Waals surface area contributed by atoms with E-state index in [4.69, 9.17) is 9.73 Å². The standard InChI is InChI=1S/C26H33N3O3S/c1-6-21-23(25(31)32-5)24(20-8-7-17(3)13-18(20)4)29-19(15-33-26(29)27-21)14-22(30)28-11-9-16(2)10-12-28/h7-8,13,15-16,24H,6,9-12,14H2,1-5H3/t24-/m0/s1. The molecule has 3 heterocycles. The van der Waals surface area contributed by atoms with Crippen LogP contribution >= 0.6 is 11.8 Å². The fourth-order valence-electron chi connectivity index (χ4n) is 4.86. The highest BCUT2D eigenvalue weighted by atomic mass is 32.2. The van der Waals surface area contributed by atoms with E-state index in [0.29, 0.717) is 24.3 Å². The van der Waals surface area contributed by atoms with E-state index in [9.17, 15) is 9.59 Å². The van der Waals surface area contributed by atoms with E-state index in [2.05, 4.69) is 43.9 Å². The third-order valence-electron chi connectivity index (χ3n) is 6.82. The maximum absolute atomic E-state index is 13.2. The second kappa shape index (κ2) is 9.75. The maximum atomic E-state index is 13.2. The van der Waals surface area contributed by atoms with Gasteiger partial charge in [0.05, 0.1) is 30.8 Å². The number of likely N-dealkylation sites (tertiary alicyclic amines) is 1. The molecule has 33 heavy (non-hydrogen) atoms. The van der Waals surface area contributed by atoms with Gasteiger partial charge in [-0.15, -0.1) is 0 Å². The lowest BCUT2D eigenvalue weighted by atomic mass is 9.89. The van der Waals surface area contributed by atoms with E-state index in [1.54, 1.807) is 0 Å². The van der Waals surface area contributed by atoms with Crippen LogP contribution in [0.2, 0.25) is 0 Å². The van der Waals surface area contributed by atoms with Gasteiger partial charge in [0, 0.05) is 18.8 Å². The number of carbonyl (C=O) groups excluding carboxylic acids is 2. The Morgan fingerprint density at radius 3 is 2.58 bits per heavy atom. The zero-order valence-electron chi connectivity index (χ0n) is 20.2. The molecule has 4 rings (SSSR count). The molecule has 0 bridgehead atoms. The van der Waals surface area contributed by atoms with Crippen molar-refractivity contribution in [3.8, 4) is 0 Å². The number of hydrogen-bond donors (Lipinski definition) is 0. The number of fused-ring (bicyclic) bond motifs is 1. The molecule has 0 radical (unpaired) electrons. The lowest BCUT2D eigenvalue weighted by Gasteiger charge is -2.38. The number of piperidine rings is 1. The summed E-state index contributed by atoms with van der Waals surface area (Å²) >= 11 is 1.53.